The van der Waals surface area contributed by atoms with E-state index in [-0.39, 0.29) is 12.0 Å². The number of piperazine rings is 1. The number of aryl methyl sites for hydroxylation is 1. The molecule has 130 valence electrons. The Morgan fingerprint density at radius 2 is 2.26 bits per heavy atom. The monoisotopic (exact) mass is 323 g/mol. The van der Waals surface area contributed by atoms with Crippen LogP contribution in [0.1, 0.15) is 19.4 Å². The van der Waals surface area contributed by atoms with Crippen LogP contribution >= 0.6 is 0 Å². The van der Waals surface area contributed by atoms with Crippen molar-refractivity contribution in [1.82, 2.24) is 24.5 Å². The molecular weight excluding hydrogens is 294 g/mol. The highest BCUT2D eigenvalue weighted by Gasteiger charge is 2.26. The van der Waals surface area contributed by atoms with E-state index in [9.17, 15) is 9.90 Å². The molecule has 1 amide bonds. The third-order valence-electron chi connectivity index (χ3n) is 4.31. The molecule has 23 heavy (non-hydrogen) atoms. The molecule has 0 radical (unpaired) electrons. The zero-order valence-electron chi connectivity index (χ0n) is 14.6. The molecule has 1 aliphatic heterocycles. The van der Waals surface area contributed by atoms with Crippen LogP contribution in [0.5, 0.6) is 0 Å². The van der Waals surface area contributed by atoms with E-state index in [0.717, 1.165) is 25.2 Å². The summed E-state index contributed by atoms with van der Waals surface area (Å²) in [7, 11) is 3.71. The van der Waals surface area contributed by atoms with Crippen molar-refractivity contribution in [2.75, 3.05) is 39.8 Å². The smallest absolute Gasteiger partial charge is 0.236 e. The first kappa shape index (κ1) is 17.9. The summed E-state index contributed by atoms with van der Waals surface area (Å²) in [5.74, 6) is 0.130. The number of aliphatic hydroxyl groups is 1. The van der Waals surface area contributed by atoms with Gasteiger partial charge in [0.05, 0.1) is 18.8 Å². The normalized spacial score (nSPS) is 21.3. The summed E-state index contributed by atoms with van der Waals surface area (Å²) in [5.41, 5.74) is 1.04. The Balaban J connectivity index is 1.79. The van der Waals surface area contributed by atoms with Crippen LogP contribution in [0.15, 0.2) is 12.4 Å². The number of amides is 1. The Kier molecular flexibility index (Phi) is 6.15. The Morgan fingerprint density at radius 3 is 2.83 bits per heavy atom. The van der Waals surface area contributed by atoms with Gasteiger partial charge in [-0.25, -0.2) is 0 Å². The zero-order chi connectivity index (χ0) is 17.0. The molecule has 1 aliphatic rings. The quantitative estimate of drug-likeness (QED) is 0.783. The molecule has 2 atom stereocenters. The van der Waals surface area contributed by atoms with Crippen LogP contribution < -0.4 is 0 Å². The fourth-order valence-corrected chi connectivity index (χ4v) is 3.05. The first-order chi connectivity index (χ1) is 10.8. The summed E-state index contributed by atoms with van der Waals surface area (Å²) in [4.78, 5) is 18.6. The van der Waals surface area contributed by atoms with Gasteiger partial charge in [0.15, 0.2) is 0 Å². The number of aliphatic hydroxyl groups excluding tert-OH is 1. The van der Waals surface area contributed by atoms with E-state index < -0.39 is 0 Å². The molecule has 1 aromatic rings. The van der Waals surface area contributed by atoms with E-state index in [4.69, 9.17) is 0 Å². The molecule has 0 aliphatic carbocycles. The van der Waals surface area contributed by atoms with Gasteiger partial charge in [0.25, 0.3) is 0 Å². The van der Waals surface area contributed by atoms with Crippen molar-refractivity contribution >= 4 is 5.91 Å². The van der Waals surface area contributed by atoms with Gasteiger partial charge in [-0.3, -0.25) is 19.3 Å². The number of likely N-dealkylation sites (N-methyl/N-ethyl adjacent to an activating group) is 1. The van der Waals surface area contributed by atoms with Crippen molar-refractivity contribution in [3.05, 3.63) is 18.0 Å². The third kappa shape index (κ3) is 5.30. The van der Waals surface area contributed by atoms with Crippen molar-refractivity contribution < 1.29 is 9.90 Å². The van der Waals surface area contributed by atoms with Crippen LogP contribution in [0.4, 0.5) is 0 Å². The molecule has 1 aromatic heterocycles. The van der Waals surface area contributed by atoms with Crippen molar-refractivity contribution in [2.45, 2.75) is 32.5 Å². The van der Waals surface area contributed by atoms with Crippen LogP contribution in [-0.4, -0.2) is 87.4 Å². The average Bonchev–Trinajstić information content (AvgIpc) is 2.86. The lowest BCUT2D eigenvalue weighted by Gasteiger charge is -2.40. The van der Waals surface area contributed by atoms with Gasteiger partial charge in [-0.15, -0.1) is 0 Å². The maximum Gasteiger partial charge on any atom is 0.236 e. The minimum atomic E-state index is -0.309. The highest BCUT2D eigenvalue weighted by atomic mass is 16.3. The van der Waals surface area contributed by atoms with Gasteiger partial charge in [-0.05, 0) is 13.8 Å². The SMILES string of the molecule is CC(O)CN1CCN(CC(=O)N(C)Cc2cnn(C)c2)CC1C. The van der Waals surface area contributed by atoms with Gasteiger partial charge >= 0.3 is 0 Å². The lowest BCUT2D eigenvalue weighted by molar-refractivity contribution is -0.132. The number of β-amino-alcohol motifs (C(OH)–C–C–N with tert-alkyl or cyclic N) is 1. The molecule has 7 nitrogen and oxygen atoms in total. The van der Waals surface area contributed by atoms with E-state index >= 15 is 0 Å². The molecule has 1 saturated heterocycles. The molecule has 7 heteroatoms. The second-order valence-electron chi connectivity index (χ2n) is 6.70. The van der Waals surface area contributed by atoms with E-state index in [0.29, 0.717) is 25.7 Å². The summed E-state index contributed by atoms with van der Waals surface area (Å²) in [6.07, 6.45) is 3.41. The molecular formula is C16H29N5O2. The highest BCUT2D eigenvalue weighted by molar-refractivity contribution is 5.78. The Morgan fingerprint density at radius 1 is 1.52 bits per heavy atom. The van der Waals surface area contributed by atoms with Crippen molar-refractivity contribution in [1.29, 1.82) is 0 Å². The van der Waals surface area contributed by atoms with Crippen LogP contribution in [0.2, 0.25) is 0 Å². The summed E-state index contributed by atoms with van der Waals surface area (Å²) in [6.45, 7) is 8.32. The minimum Gasteiger partial charge on any atom is -0.392 e. The summed E-state index contributed by atoms with van der Waals surface area (Å²) < 4.78 is 1.75. The van der Waals surface area contributed by atoms with Crippen LogP contribution in [0.3, 0.4) is 0 Å². The molecule has 0 saturated carbocycles. The number of carbonyl (C=O) groups is 1. The third-order valence-corrected chi connectivity index (χ3v) is 4.31. The fraction of sp³-hybridized carbons (Fsp3) is 0.750. The van der Waals surface area contributed by atoms with Gasteiger partial charge in [0.2, 0.25) is 5.91 Å². The Bertz CT molecular complexity index is 516. The number of aromatic nitrogens is 2. The lowest BCUT2D eigenvalue weighted by Crippen LogP contribution is -2.55. The van der Waals surface area contributed by atoms with E-state index in [1.807, 2.05) is 27.2 Å². The first-order valence-corrected chi connectivity index (χ1v) is 8.21. The molecule has 0 bridgehead atoms. The topological polar surface area (TPSA) is 64.8 Å². The van der Waals surface area contributed by atoms with E-state index in [1.54, 1.807) is 15.8 Å². The predicted molar refractivity (Wildman–Crippen MR) is 88.8 cm³/mol. The van der Waals surface area contributed by atoms with Crippen LogP contribution in [0.25, 0.3) is 0 Å². The van der Waals surface area contributed by atoms with Crippen LogP contribution in [-0.2, 0) is 18.4 Å². The number of rotatable bonds is 6. The molecule has 0 aromatic carbocycles. The van der Waals surface area contributed by atoms with Gasteiger partial charge in [0.1, 0.15) is 0 Å². The Labute approximate surface area is 138 Å². The van der Waals surface area contributed by atoms with Gasteiger partial charge in [0, 0.05) is 64.6 Å². The molecule has 2 rings (SSSR count). The highest BCUT2D eigenvalue weighted by Crippen LogP contribution is 2.11. The number of carbonyl (C=O) groups excluding carboxylic acids is 1. The molecule has 1 fully saturated rings. The average molecular weight is 323 g/mol. The maximum absolute atomic E-state index is 12.4. The van der Waals surface area contributed by atoms with Crippen molar-refractivity contribution in [3.8, 4) is 0 Å². The molecule has 2 heterocycles. The summed E-state index contributed by atoms with van der Waals surface area (Å²) >= 11 is 0. The number of hydrogen-bond acceptors (Lipinski definition) is 5. The Hall–Kier alpha value is -1.44. The van der Waals surface area contributed by atoms with Crippen LogP contribution in [0, 0.1) is 0 Å². The number of nitrogens with zero attached hydrogens (tertiary/aromatic N) is 5. The van der Waals surface area contributed by atoms with E-state index in [2.05, 4.69) is 21.8 Å². The van der Waals surface area contributed by atoms with E-state index in [1.165, 1.54) is 0 Å². The molecule has 2 unspecified atom stereocenters. The van der Waals surface area contributed by atoms with Gasteiger partial charge in [-0.2, -0.15) is 5.10 Å². The lowest BCUT2D eigenvalue weighted by atomic mass is 10.1. The van der Waals surface area contributed by atoms with Gasteiger partial charge < -0.3 is 10.0 Å². The van der Waals surface area contributed by atoms with Crippen molar-refractivity contribution in [3.63, 3.8) is 0 Å². The summed E-state index contributed by atoms with van der Waals surface area (Å²) in [5, 5.41) is 13.7. The fourth-order valence-electron chi connectivity index (χ4n) is 3.05. The van der Waals surface area contributed by atoms with Crippen molar-refractivity contribution in [2.24, 2.45) is 7.05 Å². The maximum atomic E-state index is 12.4. The number of hydrogen-bond donors (Lipinski definition) is 1. The molecule has 1 N–H and O–H groups in total. The largest absolute Gasteiger partial charge is 0.392 e. The summed E-state index contributed by atoms with van der Waals surface area (Å²) in [6, 6.07) is 0.356. The predicted octanol–water partition coefficient (Wildman–Crippen LogP) is -0.235. The second-order valence-corrected chi connectivity index (χ2v) is 6.70. The standard InChI is InChI=1S/C16H29N5O2/c1-13-8-20(5-6-21(13)9-14(2)22)12-16(23)18(3)10-15-7-17-19(4)11-15/h7,11,13-14,22H,5-6,8-10,12H2,1-4H3. The first-order valence-electron chi connectivity index (χ1n) is 8.21. The second kappa shape index (κ2) is 7.90. The van der Waals surface area contributed by atoms with Gasteiger partial charge in [-0.1, -0.05) is 0 Å². The molecule has 0 spiro atoms. The zero-order valence-corrected chi connectivity index (χ0v) is 14.6. The minimum absolute atomic E-state index is 0.130.